The Labute approximate surface area is 120 Å². The van der Waals surface area contributed by atoms with E-state index in [1.54, 1.807) is 0 Å². The summed E-state index contributed by atoms with van der Waals surface area (Å²) in [6.07, 6.45) is 7.84. The molecule has 0 unspecified atom stereocenters. The normalized spacial score (nSPS) is 22.5. The molecule has 2 rings (SSSR count). The van der Waals surface area contributed by atoms with E-state index < -0.39 is 5.97 Å². The van der Waals surface area contributed by atoms with Gasteiger partial charge in [0.25, 0.3) is 0 Å². The van der Waals surface area contributed by atoms with E-state index in [0.29, 0.717) is 5.69 Å². The van der Waals surface area contributed by atoms with Gasteiger partial charge in [0, 0.05) is 18.4 Å². The van der Waals surface area contributed by atoms with Crippen LogP contribution < -0.4 is 5.32 Å². The van der Waals surface area contributed by atoms with E-state index in [0.717, 1.165) is 30.5 Å². The Bertz CT molecular complexity index is 466. The standard InChI is InChI=1S/C16H24N2O2/c1-11-3-5-13(6-4-11)7-8-17-15-9-12(2)18-10-14(15)16(19)20/h9-11,13H,3-8H2,1-2H3,(H,17,18)(H,19,20). The third kappa shape index (κ3) is 3.95. The van der Waals surface area contributed by atoms with Crippen LogP contribution in [0.2, 0.25) is 0 Å². The summed E-state index contributed by atoms with van der Waals surface area (Å²) in [5, 5.41) is 12.4. The molecule has 0 amide bonds. The van der Waals surface area contributed by atoms with Crippen LogP contribution in [0.25, 0.3) is 0 Å². The van der Waals surface area contributed by atoms with E-state index in [-0.39, 0.29) is 5.56 Å². The quantitative estimate of drug-likeness (QED) is 0.860. The molecule has 0 saturated heterocycles. The van der Waals surface area contributed by atoms with E-state index >= 15 is 0 Å². The zero-order chi connectivity index (χ0) is 14.5. The Hall–Kier alpha value is -1.58. The first-order valence-electron chi connectivity index (χ1n) is 7.50. The van der Waals surface area contributed by atoms with Crippen LogP contribution in [-0.2, 0) is 0 Å². The minimum atomic E-state index is -0.925. The third-order valence-corrected chi connectivity index (χ3v) is 4.27. The molecule has 2 N–H and O–H groups in total. The first kappa shape index (κ1) is 14.8. The molecule has 1 aromatic heterocycles. The summed E-state index contributed by atoms with van der Waals surface area (Å²) in [5.41, 5.74) is 1.78. The molecule has 0 radical (unpaired) electrons. The molecule has 110 valence electrons. The summed E-state index contributed by atoms with van der Waals surface area (Å²) < 4.78 is 0. The number of anilines is 1. The van der Waals surface area contributed by atoms with Gasteiger partial charge in [-0.25, -0.2) is 4.79 Å². The zero-order valence-electron chi connectivity index (χ0n) is 12.4. The van der Waals surface area contributed by atoms with Crippen molar-refractivity contribution in [3.8, 4) is 0 Å². The van der Waals surface area contributed by atoms with E-state index in [9.17, 15) is 4.79 Å². The van der Waals surface area contributed by atoms with Gasteiger partial charge in [-0.15, -0.1) is 0 Å². The van der Waals surface area contributed by atoms with Gasteiger partial charge in [0.1, 0.15) is 5.56 Å². The van der Waals surface area contributed by atoms with Gasteiger partial charge in [-0.1, -0.05) is 32.6 Å². The number of carbonyl (C=O) groups is 1. The van der Waals surface area contributed by atoms with Gasteiger partial charge in [-0.3, -0.25) is 4.98 Å². The predicted molar refractivity (Wildman–Crippen MR) is 80.2 cm³/mol. The zero-order valence-corrected chi connectivity index (χ0v) is 12.4. The van der Waals surface area contributed by atoms with Crippen LogP contribution in [0.5, 0.6) is 0 Å². The Morgan fingerprint density at radius 1 is 1.40 bits per heavy atom. The predicted octanol–water partition coefficient (Wildman–Crippen LogP) is 3.72. The minimum absolute atomic E-state index is 0.257. The maximum atomic E-state index is 11.2. The van der Waals surface area contributed by atoms with E-state index in [4.69, 9.17) is 5.11 Å². The number of carboxylic acid groups (broad SMARTS) is 1. The average Bonchev–Trinajstić information content (AvgIpc) is 2.41. The lowest BCUT2D eigenvalue weighted by Crippen LogP contribution is -2.16. The first-order chi connectivity index (χ1) is 9.56. The SMILES string of the molecule is Cc1cc(NCCC2CCC(C)CC2)c(C(=O)O)cn1. The number of aromatic nitrogens is 1. The molecule has 1 aromatic rings. The fourth-order valence-corrected chi connectivity index (χ4v) is 2.91. The lowest BCUT2D eigenvalue weighted by Gasteiger charge is -2.26. The minimum Gasteiger partial charge on any atom is -0.478 e. The molecule has 0 atom stereocenters. The maximum Gasteiger partial charge on any atom is 0.339 e. The van der Waals surface area contributed by atoms with Gasteiger partial charge in [0.2, 0.25) is 0 Å². The van der Waals surface area contributed by atoms with Gasteiger partial charge >= 0.3 is 5.97 Å². The van der Waals surface area contributed by atoms with Crippen molar-refractivity contribution in [1.82, 2.24) is 4.98 Å². The topological polar surface area (TPSA) is 62.2 Å². The van der Waals surface area contributed by atoms with Crippen LogP contribution in [0.1, 0.15) is 55.1 Å². The van der Waals surface area contributed by atoms with Crippen molar-refractivity contribution in [2.24, 2.45) is 11.8 Å². The van der Waals surface area contributed by atoms with Gasteiger partial charge < -0.3 is 10.4 Å². The highest BCUT2D eigenvalue weighted by atomic mass is 16.4. The van der Waals surface area contributed by atoms with Gasteiger partial charge in [-0.05, 0) is 31.2 Å². The summed E-state index contributed by atoms with van der Waals surface area (Å²) in [6, 6.07) is 1.81. The maximum absolute atomic E-state index is 11.2. The fourth-order valence-electron chi connectivity index (χ4n) is 2.91. The summed E-state index contributed by atoms with van der Waals surface area (Å²) in [7, 11) is 0. The number of hydrogen-bond donors (Lipinski definition) is 2. The van der Waals surface area contributed by atoms with Gasteiger partial charge in [0.05, 0.1) is 5.69 Å². The molecule has 1 saturated carbocycles. The Morgan fingerprint density at radius 2 is 2.10 bits per heavy atom. The van der Waals surface area contributed by atoms with Crippen molar-refractivity contribution < 1.29 is 9.90 Å². The molecule has 1 aliphatic carbocycles. The number of aryl methyl sites for hydroxylation is 1. The van der Waals surface area contributed by atoms with Crippen LogP contribution in [0, 0.1) is 18.8 Å². The van der Waals surface area contributed by atoms with Crippen molar-refractivity contribution in [2.75, 3.05) is 11.9 Å². The monoisotopic (exact) mass is 276 g/mol. The molecule has 4 heteroatoms. The summed E-state index contributed by atoms with van der Waals surface area (Å²) >= 11 is 0. The van der Waals surface area contributed by atoms with Crippen molar-refractivity contribution in [3.63, 3.8) is 0 Å². The molecule has 1 aliphatic rings. The number of carboxylic acids is 1. The summed E-state index contributed by atoms with van der Waals surface area (Å²) in [4.78, 5) is 15.2. The van der Waals surface area contributed by atoms with Crippen molar-refractivity contribution in [1.29, 1.82) is 0 Å². The number of hydrogen-bond acceptors (Lipinski definition) is 3. The van der Waals surface area contributed by atoms with Crippen LogP contribution in [0.3, 0.4) is 0 Å². The smallest absolute Gasteiger partial charge is 0.339 e. The lowest BCUT2D eigenvalue weighted by atomic mass is 9.81. The van der Waals surface area contributed by atoms with E-state index in [2.05, 4.69) is 17.2 Å². The largest absolute Gasteiger partial charge is 0.478 e. The highest BCUT2D eigenvalue weighted by Gasteiger charge is 2.18. The summed E-state index contributed by atoms with van der Waals surface area (Å²) in [6.45, 7) is 5.04. The van der Waals surface area contributed by atoms with Gasteiger partial charge in [0.15, 0.2) is 0 Å². The summed E-state index contributed by atoms with van der Waals surface area (Å²) in [5.74, 6) is 0.738. The molecular formula is C16H24N2O2. The Morgan fingerprint density at radius 3 is 2.75 bits per heavy atom. The number of aromatic carboxylic acids is 1. The highest BCUT2D eigenvalue weighted by molar-refractivity contribution is 5.93. The Kier molecular flexibility index (Phi) is 4.99. The van der Waals surface area contributed by atoms with E-state index in [1.165, 1.54) is 31.9 Å². The number of nitrogens with one attached hydrogen (secondary N) is 1. The molecule has 0 bridgehead atoms. The van der Waals surface area contributed by atoms with Crippen LogP contribution in [-0.4, -0.2) is 22.6 Å². The second kappa shape index (κ2) is 6.73. The Balaban J connectivity index is 1.87. The number of pyridine rings is 1. The second-order valence-electron chi connectivity index (χ2n) is 6.02. The highest BCUT2D eigenvalue weighted by Crippen LogP contribution is 2.30. The van der Waals surface area contributed by atoms with Crippen LogP contribution in [0.4, 0.5) is 5.69 Å². The molecule has 0 aromatic carbocycles. The van der Waals surface area contributed by atoms with Crippen LogP contribution in [0.15, 0.2) is 12.3 Å². The lowest BCUT2D eigenvalue weighted by molar-refractivity contribution is 0.0697. The molecule has 1 fully saturated rings. The first-order valence-corrected chi connectivity index (χ1v) is 7.50. The van der Waals surface area contributed by atoms with Crippen molar-refractivity contribution in [2.45, 2.75) is 46.0 Å². The molecule has 20 heavy (non-hydrogen) atoms. The molecule has 0 spiro atoms. The fraction of sp³-hybridized carbons (Fsp3) is 0.625. The van der Waals surface area contributed by atoms with Gasteiger partial charge in [-0.2, -0.15) is 0 Å². The molecule has 0 aliphatic heterocycles. The third-order valence-electron chi connectivity index (χ3n) is 4.27. The average molecular weight is 276 g/mol. The van der Waals surface area contributed by atoms with Crippen LogP contribution >= 0.6 is 0 Å². The molecule has 1 heterocycles. The number of nitrogens with zero attached hydrogens (tertiary/aromatic N) is 1. The molecule has 4 nitrogen and oxygen atoms in total. The second-order valence-corrected chi connectivity index (χ2v) is 6.02. The van der Waals surface area contributed by atoms with E-state index in [1.807, 2.05) is 13.0 Å². The van der Waals surface area contributed by atoms with Crippen molar-refractivity contribution >= 4 is 11.7 Å². The van der Waals surface area contributed by atoms with Crippen molar-refractivity contribution in [3.05, 3.63) is 23.5 Å². The number of rotatable bonds is 5. The molecular weight excluding hydrogens is 252 g/mol.